The molecule has 136 valence electrons. The van der Waals surface area contributed by atoms with E-state index in [1.165, 1.54) is 4.90 Å². The fourth-order valence-electron chi connectivity index (χ4n) is 2.84. The molecule has 26 heavy (non-hydrogen) atoms. The minimum atomic E-state index is -0.860. The third-order valence-corrected chi connectivity index (χ3v) is 4.33. The summed E-state index contributed by atoms with van der Waals surface area (Å²) < 4.78 is 11.4. The van der Waals surface area contributed by atoms with Gasteiger partial charge in [-0.3, -0.25) is 9.59 Å². The number of likely N-dealkylation sites (tertiary alicyclic amines) is 1. The van der Waals surface area contributed by atoms with Crippen LogP contribution < -0.4 is 9.47 Å². The first-order chi connectivity index (χ1) is 12.6. The molecule has 1 atom stereocenters. The van der Waals surface area contributed by atoms with E-state index >= 15 is 0 Å². The van der Waals surface area contributed by atoms with E-state index < -0.39 is 11.9 Å². The van der Waals surface area contributed by atoms with Gasteiger partial charge in [-0.05, 0) is 24.1 Å². The molecule has 6 nitrogen and oxygen atoms in total. The highest BCUT2D eigenvalue weighted by Gasteiger charge is 2.30. The maximum atomic E-state index is 12.2. The van der Waals surface area contributed by atoms with Crippen LogP contribution in [0.1, 0.15) is 12.0 Å². The smallest absolute Gasteiger partial charge is 0.308 e. The van der Waals surface area contributed by atoms with Gasteiger partial charge in [-0.2, -0.15) is 0 Å². The molecular weight excluding hydrogens is 334 g/mol. The highest BCUT2D eigenvalue weighted by Crippen LogP contribution is 2.27. The van der Waals surface area contributed by atoms with Crippen LogP contribution in [0.5, 0.6) is 11.5 Å². The van der Waals surface area contributed by atoms with Crippen LogP contribution in [-0.4, -0.2) is 41.6 Å². The van der Waals surface area contributed by atoms with Crippen molar-refractivity contribution in [3.05, 3.63) is 60.2 Å². The van der Waals surface area contributed by atoms with E-state index in [1.807, 2.05) is 42.5 Å². The van der Waals surface area contributed by atoms with Crippen LogP contribution in [-0.2, 0) is 16.2 Å². The molecule has 0 unspecified atom stereocenters. The number of rotatable bonds is 7. The van der Waals surface area contributed by atoms with Gasteiger partial charge in [0.2, 0.25) is 0 Å². The second-order valence-corrected chi connectivity index (χ2v) is 6.17. The highest BCUT2D eigenvalue weighted by molar-refractivity contribution is 5.80. The van der Waals surface area contributed by atoms with Crippen molar-refractivity contribution in [1.82, 2.24) is 4.90 Å². The molecule has 0 aromatic heterocycles. The Bertz CT molecular complexity index is 762. The molecule has 0 radical (unpaired) electrons. The van der Waals surface area contributed by atoms with E-state index in [0.29, 0.717) is 31.1 Å². The van der Waals surface area contributed by atoms with E-state index in [2.05, 4.69) is 0 Å². The first-order valence-electron chi connectivity index (χ1n) is 8.52. The Kier molecular flexibility index (Phi) is 5.73. The van der Waals surface area contributed by atoms with Crippen LogP contribution in [0.3, 0.4) is 0 Å². The third kappa shape index (κ3) is 4.53. The number of carbonyl (C=O) groups excluding carboxylic acids is 1. The largest absolute Gasteiger partial charge is 0.485 e. The number of carboxylic acid groups (broad SMARTS) is 1. The number of aliphatic carboxylic acids is 1. The molecular formula is C20H21NO5. The summed E-state index contributed by atoms with van der Waals surface area (Å²) in [7, 11) is 0. The summed E-state index contributed by atoms with van der Waals surface area (Å²) >= 11 is 0. The van der Waals surface area contributed by atoms with E-state index in [4.69, 9.17) is 14.6 Å². The summed E-state index contributed by atoms with van der Waals surface area (Å²) in [6.45, 7) is 0.953. The van der Waals surface area contributed by atoms with Gasteiger partial charge in [0.05, 0.1) is 5.92 Å². The van der Waals surface area contributed by atoms with Gasteiger partial charge in [-0.25, -0.2) is 0 Å². The third-order valence-electron chi connectivity index (χ3n) is 4.33. The van der Waals surface area contributed by atoms with E-state index in [9.17, 15) is 9.59 Å². The molecule has 2 aromatic rings. The second-order valence-electron chi connectivity index (χ2n) is 6.17. The van der Waals surface area contributed by atoms with Crippen molar-refractivity contribution >= 4 is 11.9 Å². The van der Waals surface area contributed by atoms with E-state index in [-0.39, 0.29) is 19.1 Å². The number of nitrogens with zero attached hydrogens (tertiary/aromatic N) is 1. The molecule has 0 bridgehead atoms. The van der Waals surface area contributed by atoms with Crippen LogP contribution in [0.15, 0.2) is 54.6 Å². The first kappa shape index (κ1) is 17.8. The molecule has 0 saturated carbocycles. The lowest BCUT2D eigenvalue weighted by Gasteiger charge is -2.17. The summed E-state index contributed by atoms with van der Waals surface area (Å²) in [4.78, 5) is 24.8. The first-order valence-corrected chi connectivity index (χ1v) is 8.52. The fourth-order valence-corrected chi connectivity index (χ4v) is 2.84. The average molecular weight is 355 g/mol. The van der Waals surface area contributed by atoms with Crippen LogP contribution in [0.2, 0.25) is 0 Å². The molecule has 3 rings (SSSR count). The van der Waals surface area contributed by atoms with Gasteiger partial charge < -0.3 is 19.5 Å². The molecule has 2 aromatic carbocycles. The molecule has 1 amide bonds. The molecule has 6 heteroatoms. The Hall–Kier alpha value is -3.02. The maximum absolute atomic E-state index is 12.2. The fraction of sp³-hybridized carbons (Fsp3) is 0.300. The summed E-state index contributed by atoms with van der Waals surface area (Å²) in [5.41, 5.74) is 1.04. The lowest BCUT2D eigenvalue weighted by Crippen LogP contribution is -2.33. The second kappa shape index (κ2) is 8.38. The minimum absolute atomic E-state index is 0.141. The van der Waals surface area contributed by atoms with Gasteiger partial charge in [-0.1, -0.05) is 42.5 Å². The van der Waals surface area contributed by atoms with Crippen LogP contribution in [0, 0.1) is 5.92 Å². The molecule has 1 aliphatic heterocycles. The molecule has 0 spiro atoms. The zero-order valence-electron chi connectivity index (χ0n) is 14.3. The van der Waals surface area contributed by atoms with Crippen molar-refractivity contribution in [1.29, 1.82) is 0 Å². The number of benzene rings is 2. The van der Waals surface area contributed by atoms with Gasteiger partial charge >= 0.3 is 5.97 Å². The number of hydrogen-bond donors (Lipinski definition) is 1. The lowest BCUT2D eigenvalue weighted by molar-refractivity contribution is -0.141. The zero-order chi connectivity index (χ0) is 18.4. The SMILES string of the molecule is O=C(O)[C@H]1CCN(C(=O)COc2ccccc2OCc2ccccc2)C1. The monoisotopic (exact) mass is 355 g/mol. The van der Waals surface area contributed by atoms with Crippen molar-refractivity contribution in [2.45, 2.75) is 13.0 Å². The maximum Gasteiger partial charge on any atom is 0.308 e. The number of para-hydroxylation sites is 2. The Labute approximate surface area is 152 Å². The van der Waals surface area contributed by atoms with Crippen molar-refractivity contribution in [2.75, 3.05) is 19.7 Å². The Morgan fingerprint density at radius 3 is 2.31 bits per heavy atom. The van der Waals surface area contributed by atoms with Crippen LogP contribution >= 0.6 is 0 Å². The topological polar surface area (TPSA) is 76.1 Å². The summed E-state index contributed by atoms with van der Waals surface area (Å²) in [6, 6.07) is 17.0. The average Bonchev–Trinajstić information content (AvgIpc) is 3.16. The van der Waals surface area contributed by atoms with E-state index in [1.54, 1.807) is 12.1 Å². The van der Waals surface area contributed by atoms with Crippen LogP contribution in [0.25, 0.3) is 0 Å². The normalized spacial score (nSPS) is 16.3. The van der Waals surface area contributed by atoms with E-state index in [0.717, 1.165) is 5.56 Å². The van der Waals surface area contributed by atoms with Crippen LogP contribution in [0.4, 0.5) is 0 Å². The highest BCUT2D eigenvalue weighted by atomic mass is 16.5. The van der Waals surface area contributed by atoms with Crippen molar-refractivity contribution in [3.8, 4) is 11.5 Å². The summed E-state index contributed by atoms with van der Waals surface area (Å²) in [6.07, 6.45) is 0.484. The van der Waals surface area contributed by atoms with Crippen molar-refractivity contribution in [2.24, 2.45) is 5.92 Å². The molecule has 1 aliphatic rings. The van der Waals surface area contributed by atoms with Gasteiger partial charge in [-0.15, -0.1) is 0 Å². The summed E-state index contributed by atoms with van der Waals surface area (Å²) in [5.74, 6) is -0.507. The van der Waals surface area contributed by atoms with Crippen molar-refractivity contribution < 1.29 is 24.2 Å². The Balaban J connectivity index is 1.55. The quantitative estimate of drug-likeness (QED) is 0.826. The Morgan fingerprint density at radius 2 is 1.65 bits per heavy atom. The number of carboxylic acids is 1. The molecule has 1 fully saturated rings. The van der Waals surface area contributed by atoms with Gasteiger partial charge in [0.15, 0.2) is 18.1 Å². The lowest BCUT2D eigenvalue weighted by atomic mass is 10.1. The molecule has 1 N–H and O–H groups in total. The molecule has 1 heterocycles. The Morgan fingerprint density at radius 1 is 1.00 bits per heavy atom. The minimum Gasteiger partial charge on any atom is -0.485 e. The molecule has 0 aliphatic carbocycles. The van der Waals surface area contributed by atoms with Gasteiger partial charge in [0.1, 0.15) is 6.61 Å². The zero-order valence-corrected chi connectivity index (χ0v) is 14.3. The van der Waals surface area contributed by atoms with Gasteiger partial charge in [0, 0.05) is 13.1 Å². The standard InChI is InChI=1S/C20H21NO5/c22-19(21-11-10-16(12-21)20(23)24)14-26-18-9-5-4-8-17(18)25-13-15-6-2-1-3-7-15/h1-9,16H,10-14H2,(H,23,24)/t16-/m0/s1. The molecule has 1 saturated heterocycles. The van der Waals surface area contributed by atoms with Gasteiger partial charge in [0.25, 0.3) is 5.91 Å². The van der Waals surface area contributed by atoms with Crippen molar-refractivity contribution in [3.63, 3.8) is 0 Å². The number of carbonyl (C=O) groups is 2. The number of hydrogen-bond acceptors (Lipinski definition) is 4. The number of amides is 1. The number of ether oxygens (including phenoxy) is 2. The summed E-state index contributed by atoms with van der Waals surface area (Å²) in [5, 5.41) is 9.02. The predicted octanol–water partition coefficient (Wildman–Crippen LogP) is 2.58. The predicted molar refractivity (Wildman–Crippen MR) is 95.0 cm³/mol.